The van der Waals surface area contributed by atoms with Crippen LogP contribution < -0.4 is 0 Å². The molecule has 1 unspecified atom stereocenters. The van der Waals surface area contributed by atoms with Crippen LogP contribution in [-0.4, -0.2) is 15.6 Å². The Labute approximate surface area is 149 Å². The summed E-state index contributed by atoms with van der Waals surface area (Å²) in [5.74, 6) is -0.586. The van der Waals surface area contributed by atoms with E-state index in [-0.39, 0.29) is 17.8 Å². The number of Topliss-reactive ketones (excluding diaryl/α,β-unsaturated/α-hetero) is 1. The van der Waals surface area contributed by atoms with Gasteiger partial charge in [0.2, 0.25) is 0 Å². The van der Waals surface area contributed by atoms with E-state index in [1.807, 2.05) is 0 Å². The van der Waals surface area contributed by atoms with E-state index >= 15 is 0 Å². The van der Waals surface area contributed by atoms with E-state index < -0.39 is 28.8 Å². The molecule has 132 valence electrons. The van der Waals surface area contributed by atoms with E-state index in [9.17, 15) is 18.0 Å². The molecule has 0 amide bonds. The number of halogens is 3. The van der Waals surface area contributed by atoms with Crippen molar-refractivity contribution in [2.24, 2.45) is 5.41 Å². The number of nitrogens with zero attached hydrogens (tertiary/aromatic N) is 2. The van der Waals surface area contributed by atoms with Gasteiger partial charge < -0.3 is 0 Å². The van der Waals surface area contributed by atoms with Crippen LogP contribution in [-0.2, 0) is 11.0 Å². The molecule has 1 saturated carbocycles. The Morgan fingerprint density at radius 3 is 2.60 bits per heavy atom. The van der Waals surface area contributed by atoms with E-state index in [4.69, 9.17) is 17.5 Å². The highest BCUT2D eigenvalue weighted by Gasteiger charge is 2.38. The van der Waals surface area contributed by atoms with Gasteiger partial charge in [-0.15, -0.1) is 0 Å². The largest absolute Gasteiger partial charge is 0.419 e. The molecule has 2 rings (SSSR count). The maximum absolute atomic E-state index is 13.2. The molecule has 7 heteroatoms. The zero-order valence-corrected chi connectivity index (χ0v) is 14.7. The second-order valence-electron chi connectivity index (χ2n) is 6.75. The first-order valence-corrected chi connectivity index (χ1v) is 8.08. The van der Waals surface area contributed by atoms with Gasteiger partial charge in [0.25, 0.3) is 0 Å². The summed E-state index contributed by atoms with van der Waals surface area (Å²) in [4.78, 5) is 16.9. The average molecular weight is 366 g/mol. The van der Waals surface area contributed by atoms with Crippen molar-refractivity contribution in [3.05, 3.63) is 41.2 Å². The van der Waals surface area contributed by atoms with E-state index in [0.29, 0.717) is 17.7 Å². The van der Waals surface area contributed by atoms with Crippen molar-refractivity contribution in [2.45, 2.75) is 45.2 Å². The number of nitriles is 1. The summed E-state index contributed by atoms with van der Waals surface area (Å²) in [6.07, 6.45) is -2.70. The first-order chi connectivity index (χ1) is 11.5. The Kier molecular flexibility index (Phi) is 5.14. The summed E-state index contributed by atoms with van der Waals surface area (Å²) < 4.78 is 39.5. The minimum absolute atomic E-state index is 0.0526. The summed E-state index contributed by atoms with van der Waals surface area (Å²) in [7, 11) is 0. The fraction of sp³-hybridized carbons (Fsp3) is 0.444. The number of rotatable bonds is 1. The van der Waals surface area contributed by atoms with Crippen LogP contribution in [0.1, 0.15) is 55.8 Å². The number of hydrogen-bond donors (Lipinski definition) is 0. The van der Waals surface area contributed by atoms with Crippen LogP contribution in [0, 0.1) is 16.7 Å². The van der Waals surface area contributed by atoms with Crippen molar-refractivity contribution in [3.63, 3.8) is 0 Å². The third-order valence-corrected chi connectivity index (χ3v) is 5.00. The topological polar surface area (TPSA) is 53.8 Å². The molecule has 0 N–H and O–H groups in total. The summed E-state index contributed by atoms with van der Waals surface area (Å²) in [6.45, 7) is 7.43. The van der Waals surface area contributed by atoms with Gasteiger partial charge in [-0.1, -0.05) is 24.4 Å². The summed E-state index contributed by atoms with van der Waals surface area (Å²) in [5.41, 5.74) is -1.56. The maximum Gasteiger partial charge on any atom is 0.419 e. The first kappa shape index (κ1) is 19.3. The van der Waals surface area contributed by atoms with Crippen LogP contribution in [0.2, 0.25) is 0 Å². The van der Waals surface area contributed by atoms with E-state index in [1.54, 1.807) is 13.8 Å². The lowest BCUT2D eigenvalue weighted by atomic mass is 9.72. The zero-order chi connectivity index (χ0) is 19.0. The van der Waals surface area contributed by atoms with Gasteiger partial charge >= 0.3 is 6.18 Å². The molecular formula is C18H17F3N2OS. The molecule has 25 heavy (non-hydrogen) atoms. The Hall–Kier alpha value is -2.07. The summed E-state index contributed by atoms with van der Waals surface area (Å²) in [6, 6.07) is 2.37. The fourth-order valence-corrected chi connectivity index (χ4v) is 3.17. The summed E-state index contributed by atoms with van der Waals surface area (Å²) >= 11 is 5.34. The quantitative estimate of drug-likeness (QED) is 0.531. The number of aromatic nitrogens is 1. The Morgan fingerprint density at radius 1 is 1.40 bits per heavy atom. The first-order valence-electron chi connectivity index (χ1n) is 7.67. The number of carbonyl (C=O) groups excluding carboxylic acids is 1. The predicted octanol–water partition coefficient (Wildman–Crippen LogP) is 4.76. The molecule has 1 fully saturated rings. The van der Waals surface area contributed by atoms with Crippen LogP contribution >= 0.6 is 12.2 Å². The lowest BCUT2D eigenvalue weighted by molar-refractivity contribution is -0.138. The van der Waals surface area contributed by atoms with E-state index in [0.717, 1.165) is 11.6 Å². The Bertz CT molecular complexity index is 790. The predicted molar refractivity (Wildman–Crippen MR) is 91.1 cm³/mol. The van der Waals surface area contributed by atoms with Crippen molar-refractivity contribution in [1.82, 2.24) is 4.98 Å². The van der Waals surface area contributed by atoms with Gasteiger partial charge in [0.05, 0.1) is 5.56 Å². The van der Waals surface area contributed by atoms with Crippen molar-refractivity contribution in [1.29, 1.82) is 5.26 Å². The molecule has 3 nitrogen and oxygen atoms in total. The minimum atomic E-state index is -4.69. The van der Waals surface area contributed by atoms with Crippen molar-refractivity contribution < 1.29 is 18.0 Å². The van der Waals surface area contributed by atoms with Gasteiger partial charge in [0.15, 0.2) is 5.69 Å². The van der Waals surface area contributed by atoms with E-state index in [1.165, 1.54) is 12.3 Å². The van der Waals surface area contributed by atoms with Gasteiger partial charge in [0, 0.05) is 24.5 Å². The Balaban J connectivity index is 2.47. The maximum atomic E-state index is 13.2. The van der Waals surface area contributed by atoms with Crippen LogP contribution in [0.5, 0.6) is 0 Å². The van der Waals surface area contributed by atoms with Gasteiger partial charge in [-0.25, -0.2) is 4.98 Å². The SMILES string of the molecule is C=C1CC(=S)CC(c2cnc(C#N)c(C(F)(F)F)c2)CC(=O)C1(C)C. The highest BCUT2D eigenvalue weighted by molar-refractivity contribution is 7.80. The molecule has 0 radical (unpaired) electrons. The van der Waals surface area contributed by atoms with Crippen molar-refractivity contribution >= 4 is 22.9 Å². The van der Waals surface area contributed by atoms with Crippen LogP contribution in [0.15, 0.2) is 24.4 Å². The minimum Gasteiger partial charge on any atom is -0.299 e. The standard InChI is InChI=1S/C18H17F3N2OS/c1-10-4-13(25)5-11(7-16(24)17(10,2)3)12-6-14(18(19,20)21)15(8-22)23-9-12/h6,9,11H,1,4-5,7H2,2-3H3. The van der Waals surface area contributed by atoms with Gasteiger partial charge in [0.1, 0.15) is 11.9 Å². The third-order valence-electron chi connectivity index (χ3n) is 4.69. The molecule has 1 aliphatic rings. The highest BCUT2D eigenvalue weighted by atomic mass is 32.1. The number of thiocarbonyl (C=S) groups is 1. The number of hydrogen-bond acceptors (Lipinski definition) is 4. The number of alkyl halides is 3. The molecule has 0 saturated heterocycles. The molecule has 1 heterocycles. The molecule has 1 aromatic rings. The molecule has 0 bridgehead atoms. The summed E-state index contributed by atoms with van der Waals surface area (Å²) in [5, 5.41) is 8.85. The zero-order valence-electron chi connectivity index (χ0n) is 13.9. The smallest absolute Gasteiger partial charge is 0.299 e. The van der Waals surface area contributed by atoms with Crippen molar-refractivity contribution in [2.75, 3.05) is 0 Å². The van der Waals surface area contributed by atoms with Gasteiger partial charge in [-0.3, -0.25) is 4.79 Å². The lowest BCUT2D eigenvalue weighted by Crippen LogP contribution is -2.31. The van der Waals surface area contributed by atoms with Crippen LogP contribution in [0.4, 0.5) is 13.2 Å². The number of ketones is 1. The molecule has 1 aromatic heterocycles. The van der Waals surface area contributed by atoms with E-state index in [2.05, 4.69) is 11.6 Å². The second-order valence-corrected chi connectivity index (χ2v) is 7.32. The third kappa shape index (κ3) is 3.96. The second kappa shape index (κ2) is 6.68. The normalized spacial score (nSPS) is 21.4. The molecule has 0 spiro atoms. The molecule has 0 aromatic carbocycles. The number of pyridine rings is 1. The van der Waals surface area contributed by atoms with Gasteiger partial charge in [-0.2, -0.15) is 18.4 Å². The molecule has 1 aliphatic carbocycles. The lowest BCUT2D eigenvalue weighted by Gasteiger charge is -2.32. The Morgan fingerprint density at radius 2 is 2.04 bits per heavy atom. The van der Waals surface area contributed by atoms with Crippen molar-refractivity contribution in [3.8, 4) is 6.07 Å². The number of allylic oxidation sites excluding steroid dienone is 1. The fourth-order valence-electron chi connectivity index (χ4n) is 2.80. The van der Waals surface area contributed by atoms with Gasteiger partial charge in [-0.05, 0) is 42.7 Å². The molecule has 1 atom stereocenters. The average Bonchev–Trinajstić information content (AvgIpc) is 2.51. The molecular weight excluding hydrogens is 349 g/mol. The van der Waals surface area contributed by atoms with Crippen LogP contribution in [0.25, 0.3) is 0 Å². The molecule has 0 aliphatic heterocycles. The number of carbonyl (C=O) groups is 1. The van der Waals surface area contributed by atoms with Crippen LogP contribution in [0.3, 0.4) is 0 Å². The highest BCUT2D eigenvalue weighted by Crippen LogP contribution is 2.40. The monoisotopic (exact) mass is 366 g/mol.